The number of hydrogen-bond donors (Lipinski definition) is 2. The van der Waals surface area contributed by atoms with Crippen molar-refractivity contribution in [2.24, 2.45) is 10.9 Å². The van der Waals surface area contributed by atoms with Gasteiger partial charge in [0, 0.05) is 24.5 Å². The van der Waals surface area contributed by atoms with E-state index in [2.05, 4.69) is 17.0 Å². The Hall–Kier alpha value is -1.26. The van der Waals surface area contributed by atoms with Crippen LogP contribution < -0.4 is 5.73 Å². The van der Waals surface area contributed by atoms with E-state index in [0.717, 1.165) is 24.7 Å². The summed E-state index contributed by atoms with van der Waals surface area (Å²) in [5.41, 5.74) is 6.65. The second-order valence-corrected chi connectivity index (χ2v) is 4.27. The van der Waals surface area contributed by atoms with Gasteiger partial charge in [-0.2, -0.15) is 0 Å². The maximum atomic E-state index is 8.47. The van der Waals surface area contributed by atoms with Crippen LogP contribution in [0.5, 0.6) is 0 Å². The van der Waals surface area contributed by atoms with Gasteiger partial charge in [-0.15, -0.1) is 0 Å². The van der Waals surface area contributed by atoms with Crippen LogP contribution in [0.25, 0.3) is 0 Å². The van der Waals surface area contributed by atoms with E-state index in [4.69, 9.17) is 22.5 Å². The lowest BCUT2D eigenvalue weighted by Crippen LogP contribution is -2.27. The Morgan fingerprint density at radius 2 is 2.06 bits per heavy atom. The minimum Gasteiger partial charge on any atom is -0.409 e. The number of nitrogens with two attached hydrogens (primary N) is 1. The highest BCUT2D eigenvalue weighted by Gasteiger charge is 2.05. The SMILES string of the molecule is CCN(CC/C(N)=N/O)Cc1ccc(Cl)cc1. The molecule has 0 fully saturated rings. The molecule has 0 amide bonds. The highest BCUT2D eigenvalue weighted by molar-refractivity contribution is 6.30. The third kappa shape index (κ3) is 5.06. The Labute approximate surface area is 107 Å². The fourth-order valence-corrected chi connectivity index (χ4v) is 1.65. The lowest BCUT2D eigenvalue weighted by Gasteiger charge is -2.20. The van der Waals surface area contributed by atoms with Crippen molar-refractivity contribution in [3.63, 3.8) is 0 Å². The molecule has 0 saturated carbocycles. The molecule has 0 unspecified atom stereocenters. The number of halogens is 1. The Kier molecular flexibility index (Phi) is 5.80. The zero-order valence-corrected chi connectivity index (χ0v) is 10.7. The zero-order chi connectivity index (χ0) is 12.7. The molecule has 0 saturated heterocycles. The number of rotatable bonds is 6. The number of nitrogens with zero attached hydrogens (tertiary/aromatic N) is 2. The fourth-order valence-electron chi connectivity index (χ4n) is 1.52. The lowest BCUT2D eigenvalue weighted by molar-refractivity contribution is 0.283. The molecule has 3 N–H and O–H groups in total. The molecule has 0 radical (unpaired) electrons. The first kappa shape index (κ1) is 13.8. The van der Waals surface area contributed by atoms with Crippen LogP contribution >= 0.6 is 11.6 Å². The van der Waals surface area contributed by atoms with Gasteiger partial charge in [0.15, 0.2) is 0 Å². The molecule has 0 aromatic heterocycles. The van der Waals surface area contributed by atoms with E-state index in [0.29, 0.717) is 6.42 Å². The molecule has 0 aliphatic rings. The van der Waals surface area contributed by atoms with Crippen molar-refractivity contribution in [2.45, 2.75) is 19.9 Å². The van der Waals surface area contributed by atoms with Crippen molar-refractivity contribution < 1.29 is 5.21 Å². The first-order chi connectivity index (χ1) is 8.15. The Bertz CT molecular complexity index is 365. The Balaban J connectivity index is 2.49. The molecule has 1 aromatic rings. The smallest absolute Gasteiger partial charge is 0.140 e. The van der Waals surface area contributed by atoms with Crippen LogP contribution in [-0.2, 0) is 6.54 Å². The van der Waals surface area contributed by atoms with Crippen LogP contribution in [0.4, 0.5) is 0 Å². The van der Waals surface area contributed by atoms with Crippen LogP contribution in [0.2, 0.25) is 5.02 Å². The largest absolute Gasteiger partial charge is 0.409 e. The predicted octanol–water partition coefficient (Wildman–Crippen LogP) is 2.30. The Morgan fingerprint density at radius 1 is 1.41 bits per heavy atom. The minimum absolute atomic E-state index is 0.263. The molecule has 5 heteroatoms. The quantitative estimate of drug-likeness (QED) is 0.355. The van der Waals surface area contributed by atoms with Gasteiger partial charge in [0.1, 0.15) is 5.84 Å². The van der Waals surface area contributed by atoms with E-state index < -0.39 is 0 Å². The van der Waals surface area contributed by atoms with Crippen LogP contribution in [0.15, 0.2) is 29.4 Å². The van der Waals surface area contributed by atoms with Gasteiger partial charge in [-0.25, -0.2) is 0 Å². The Morgan fingerprint density at radius 3 is 2.59 bits per heavy atom. The van der Waals surface area contributed by atoms with Gasteiger partial charge in [-0.05, 0) is 24.2 Å². The first-order valence-corrected chi connectivity index (χ1v) is 5.96. The average Bonchev–Trinajstić information content (AvgIpc) is 2.36. The van der Waals surface area contributed by atoms with E-state index in [-0.39, 0.29) is 5.84 Å². The summed E-state index contributed by atoms with van der Waals surface area (Å²) in [7, 11) is 0. The highest BCUT2D eigenvalue weighted by Crippen LogP contribution is 2.11. The summed E-state index contributed by atoms with van der Waals surface area (Å²) < 4.78 is 0. The first-order valence-electron chi connectivity index (χ1n) is 5.59. The lowest BCUT2D eigenvalue weighted by atomic mass is 10.2. The van der Waals surface area contributed by atoms with Crippen molar-refractivity contribution >= 4 is 17.4 Å². The molecule has 1 aromatic carbocycles. The van der Waals surface area contributed by atoms with Crippen molar-refractivity contribution in [3.8, 4) is 0 Å². The predicted molar refractivity (Wildman–Crippen MR) is 70.4 cm³/mol. The topological polar surface area (TPSA) is 61.8 Å². The molecule has 0 heterocycles. The van der Waals surface area contributed by atoms with Gasteiger partial charge >= 0.3 is 0 Å². The van der Waals surface area contributed by atoms with E-state index in [1.807, 2.05) is 24.3 Å². The van der Waals surface area contributed by atoms with Gasteiger partial charge in [-0.1, -0.05) is 35.8 Å². The molecule has 0 atom stereocenters. The van der Waals surface area contributed by atoms with E-state index >= 15 is 0 Å². The molecule has 17 heavy (non-hydrogen) atoms. The van der Waals surface area contributed by atoms with E-state index in [1.54, 1.807) is 0 Å². The van der Waals surface area contributed by atoms with Crippen molar-refractivity contribution in [1.82, 2.24) is 4.90 Å². The maximum Gasteiger partial charge on any atom is 0.140 e. The zero-order valence-electron chi connectivity index (χ0n) is 9.93. The highest BCUT2D eigenvalue weighted by atomic mass is 35.5. The normalized spacial score (nSPS) is 12.1. The van der Waals surface area contributed by atoms with Crippen LogP contribution in [0.1, 0.15) is 18.9 Å². The summed E-state index contributed by atoms with van der Waals surface area (Å²) in [6.45, 7) is 4.62. The number of hydrogen-bond acceptors (Lipinski definition) is 3. The maximum absolute atomic E-state index is 8.47. The van der Waals surface area contributed by atoms with Gasteiger partial charge in [-0.3, -0.25) is 4.90 Å². The summed E-state index contributed by atoms with van der Waals surface area (Å²) in [6.07, 6.45) is 0.567. The van der Waals surface area contributed by atoms with E-state index in [1.165, 1.54) is 5.56 Å². The second-order valence-electron chi connectivity index (χ2n) is 3.84. The summed E-state index contributed by atoms with van der Waals surface area (Å²) in [5, 5.41) is 12.2. The molecule has 0 aliphatic carbocycles. The number of benzene rings is 1. The van der Waals surface area contributed by atoms with Crippen LogP contribution in [0.3, 0.4) is 0 Å². The minimum atomic E-state index is 0.263. The molecular weight excluding hydrogens is 238 g/mol. The van der Waals surface area contributed by atoms with Crippen LogP contribution in [-0.4, -0.2) is 29.0 Å². The van der Waals surface area contributed by atoms with Gasteiger partial charge in [0.2, 0.25) is 0 Å². The third-order valence-corrected chi connectivity index (χ3v) is 2.83. The van der Waals surface area contributed by atoms with Gasteiger partial charge < -0.3 is 10.9 Å². The molecular formula is C12H18ClN3O. The summed E-state index contributed by atoms with van der Waals surface area (Å²) >= 11 is 5.83. The fraction of sp³-hybridized carbons (Fsp3) is 0.417. The van der Waals surface area contributed by atoms with Crippen molar-refractivity contribution in [1.29, 1.82) is 0 Å². The van der Waals surface area contributed by atoms with Gasteiger partial charge in [0.25, 0.3) is 0 Å². The van der Waals surface area contributed by atoms with Gasteiger partial charge in [0.05, 0.1) is 0 Å². The molecule has 94 valence electrons. The van der Waals surface area contributed by atoms with Crippen molar-refractivity contribution in [2.75, 3.05) is 13.1 Å². The number of amidine groups is 1. The average molecular weight is 256 g/mol. The molecule has 4 nitrogen and oxygen atoms in total. The van der Waals surface area contributed by atoms with Crippen LogP contribution in [0, 0.1) is 0 Å². The molecule has 0 spiro atoms. The standard InChI is InChI=1S/C12H18ClN3O/c1-2-16(8-7-12(14)15-17)9-10-3-5-11(13)6-4-10/h3-6,17H,2,7-9H2,1H3,(H2,14,15). The number of oxime groups is 1. The molecule has 1 rings (SSSR count). The summed E-state index contributed by atoms with van der Waals surface area (Å²) in [4.78, 5) is 2.22. The van der Waals surface area contributed by atoms with E-state index in [9.17, 15) is 0 Å². The second kappa shape index (κ2) is 7.14. The molecule has 0 aliphatic heterocycles. The van der Waals surface area contributed by atoms with Crippen molar-refractivity contribution in [3.05, 3.63) is 34.9 Å². The third-order valence-electron chi connectivity index (χ3n) is 2.58. The summed E-state index contributed by atoms with van der Waals surface area (Å²) in [6, 6.07) is 7.78. The molecule has 0 bridgehead atoms. The summed E-state index contributed by atoms with van der Waals surface area (Å²) in [5.74, 6) is 0.263. The monoisotopic (exact) mass is 255 g/mol.